The number of H-pyrrole nitrogens is 1. The third-order valence-corrected chi connectivity index (χ3v) is 6.27. The van der Waals surface area contributed by atoms with Gasteiger partial charge in [-0.15, -0.1) is 5.10 Å². The summed E-state index contributed by atoms with van der Waals surface area (Å²) < 4.78 is 20.6. The Balaban J connectivity index is 1.46. The molecule has 1 aliphatic rings. The van der Waals surface area contributed by atoms with E-state index < -0.39 is 5.82 Å². The minimum absolute atomic E-state index is 0.0975. The summed E-state index contributed by atoms with van der Waals surface area (Å²) in [7, 11) is 1.61. The SMILES string of the molecule is COc1ccc(-c2cc(F)c(NC(=O)C3CC3c3cccc(C)c3)cc2-c2nnn[nH]2)cc1C. The van der Waals surface area contributed by atoms with Crippen LogP contribution in [0, 0.1) is 25.6 Å². The number of nitrogens with zero attached hydrogens (tertiary/aromatic N) is 3. The molecule has 2 N–H and O–H groups in total. The lowest BCUT2D eigenvalue weighted by atomic mass is 9.96. The number of benzene rings is 3. The van der Waals surface area contributed by atoms with E-state index in [1.54, 1.807) is 13.2 Å². The van der Waals surface area contributed by atoms with E-state index in [4.69, 9.17) is 4.74 Å². The van der Waals surface area contributed by atoms with Gasteiger partial charge in [0.15, 0.2) is 5.82 Å². The quantitative estimate of drug-likeness (QED) is 0.423. The standard InChI is InChI=1S/C26H24FN5O2/c1-14-5-4-6-16(9-14)18-11-21(18)26(33)28-23-13-20(25-29-31-32-30-25)19(12-22(23)27)17-7-8-24(34-3)15(2)10-17/h4-10,12-13,18,21H,11H2,1-3H3,(H,28,33)(H,29,30,31,32). The molecule has 1 aromatic heterocycles. The Bertz CT molecular complexity index is 1370. The van der Waals surface area contributed by atoms with Crippen LogP contribution in [0.4, 0.5) is 10.1 Å². The molecule has 7 nitrogen and oxygen atoms in total. The number of aromatic nitrogens is 4. The van der Waals surface area contributed by atoms with Crippen LogP contribution >= 0.6 is 0 Å². The summed E-state index contributed by atoms with van der Waals surface area (Å²) >= 11 is 0. The number of hydrogen-bond donors (Lipinski definition) is 2. The van der Waals surface area contributed by atoms with Gasteiger partial charge in [-0.3, -0.25) is 4.79 Å². The van der Waals surface area contributed by atoms with Crippen LogP contribution in [0.15, 0.2) is 54.6 Å². The van der Waals surface area contributed by atoms with Gasteiger partial charge in [0.25, 0.3) is 0 Å². The number of amides is 1. The lowest BCUT2D eigenvalue weighted by Crippen LogP contribution is -2.16. The van der Waals surface area contributed by atoms with Crippen LogP contribution in [0.2, 0.25) is 0 Å². The fourth-order valence-corrected chi connectivity index (χ4v) is 4.40. The van der Waals surface area contributed by atoms with E-state index in [-0.39, 0.29) is 23.4 Å². The van der Waals surface area contributed by atoms with E-state index in [1.807, 2.05) is 50.2 Å². The molecule has 4 aromatic rings. The first-order valence-corrected chi connectivity index (χ1v) is 11.0. The maximum atomic E-state index is 15.2. The number of methoxy groups -OCH3 is 1. The number of nitrogens with one attached hydrogen (secondary N) is 2. The molecule has 3 aromatic carbocycles. The van der Waals surface area contributed by atoms with Crippen molar-refractivity contribution in [1.82, 2.24) is 20.6 Å². The number of aromatic amines is 1. The highest BCUT2D eigenvalue weighted by atomic mass is 19.1. The van der Waals surface area contributed by atoms with E-state index in [0.29, 0.717) is 17.0 Å². The Morgan fingerprint density at radius 3 is 2.68 bits per heavy atom. The summed E-state index contributed by atoms with van der Waals surface area (Å²) in [5.74, 6) is 0.371. The Morgan fingerprint density at radius 2 is 1.97 bits per heavy atom. The molecule has 1 fully saturated rings. The molecule has 0 radical (unpaired) electrons. The number of carbonyl (C=O) groups is 1. The number of tetrazole rings is 1. The zero-order valence-corrected chi connectivity index (χ0v) is 19.1. The van der Waals surface area contributed by atoms with E-state index in [9.17, 15) is 4.79 Å². The van der Waals surface area contributed by atoms with Crippen LogP contribution in [0.25, 0.3) is 22.5 Å². The topological polar surface area (TPSA) is 92.8 Å². The minimum Gasteiger partial charge on any atom is -0.496 e. The number of halogens is 1. The van der Waals surface area contributed by atoms with Crippen molar-refractivity contribution in [1.29, 1.82) is 0 Å². The maximum Gasteiger partial charge on any atom is 0.228 e. The minimum atomic E-state index is -0.527. The van der Waals surface area contributed by atoms with Crippen LogP contribution in [-0.2, 0) is 4.79 Å². The van der Waals surface area contributed by atoms with Crippen molar-refractivity contribution in [2.24, 2.45) is 5.92 Å². The van der Waals surface area contributed by atoms with Crippen molar-refractivity contribution in [3.8, 4) is 28.3 Å². The molecule has 1 aliphatic carbocycles. The molecule has 5 rings (SSSR count). The van der Waals surface area contributed by atoms with Gasteiger partial charge in [0.1, 0.15) is 11.6 Å². The van der Waals surface area contributed by atoms with Crippen molar-refractivity contribution in [3.63, 3.8) is 0 Å². The molecule has 34 heavy (non-hydrogen) atoms. The van der Waals surface area contributed by atoms with E-state index in [1.165, 1.54) is 6.07 Å². The summed E-state index contributed by atoms with van der Waals surface area (Å²) in [5, 5.41) is 16.8. The summed E-state index contributed by atoms with van der Waals surface area (Å²) in [5.41, 5.74) is 5.27. The van der Waals surface area contributed by atoms with Crippen molar-refractivity contribution >= 4 is 11.6 Å². The largest absolute Gasteiger partial charge is 0.496 e. The predicted octanol–water partition coefficient (Wildman–Crippen LogP) is 5.04. The van der Waals surface area contributed by atoms with Crippen LogP contribution in [0.1, 0.15) is 29.0 Å². The lowest BCUT2D eigenvalue weighted by Gasteiger charge is -2.14. The number of ether oxygens (including phenoxy) is 1. The Hall–Kier alpha value is -4.07. The Kier molecular flexibility index (Phi) is 5.57. The van der Waals surface area contributed by atoms with E-state index in [2.05, 4.69) is 32.0 Å². The first-order chi connectivity index (χ1) is 16.4. The summed E-state index contributed by atoms with van der Waals surface area (Å²) in [4.78, 5) is 12.9. The van der Waals surface area contributed by atoms with Gasteiger partial charge in [-0.25, -0.2) is 9.49 Å². The molecule has 2 unspecified atom stereocenters. The third-order valence-electron chi connectivity index (χ3n) is 6.27. The number of hydrogen-bond acceptors (Lipinski definition) is 5. The van der Waals surface area contributed by atoms with Crippen LogP contribution in [0.5, 0.6) is 5.75 Å². The number of aryl methyl sites for hydroxylation is 2. The molecule has 0 saturated heterocycles. The summed E-state index contributed by atoms with van der Waals surface area (Å²) in [6.45, 7) is 3.95. The third kappa shape index (κ3) is 4.14. The van der Waals surface area contributed by atoms with Gasteiger partial charge in [-0.1, -0.05) is 35.9 Å². The van der Waals surface area contributed by atoms with Crippen LogP contribution in [0.3, 0.4) is 0 Å². The number of carbonyl (C=O) groups excluding carboxylic acids is 1. The maximum absolute atomic E-state index is 15.2. The number of rotatable bonds is 6. The molecule has 1 saturated carbocycles. The fraction of sp³-hybridized carbons (Fsp3) is 0.231. The van der Waals surface area contributed by atoms with Gasteiger partial charge >= 0.3 is 0 Å². The average molecular weight is 458 g/mol. The molecule has 1 heterocycles. The molecule has 0 spiro atoms. The normalized spacial score (nSPS) is 16.8. The second-order valence-electron chi connectivity index (χ2n) is 8.66. The Labute approximate surface area is 196 Å². The van der Waals surface area contributed by atoms with E-state index >= 15 is 4.39 Å². The summed E-state index contributed by atoms with van der Waals surface area (Å²) in [6.07, 6.45) is 0.749. The first kappa shape index (κ1) is 21.8. The molecular weight excluding hydrogens is 433 g/mol. The van der Waals surface area contributed by atoms with E-state index in [0.717, 1.165) is 34.4 Å². The molecule has 0 bridgehead atoms. The fourth-order valence-electron chi connectivity index (χ4n) is 4.40. The highest BCUT2D eigenvalue weighted by Crippen LogP contribution is 2.48. The molecule has 172 valence electrons. The Morgan fingerprint density at radius 1 is 1.12 bits per heavy atom. The zero-order valence-electron chi connectivity index (χ0n) is 19.1. The average Bonchev–Trinajstić information content (AvgIpc) is 3.45. The highest BCUT2D eigenvalue weighted by Gasteiger charge is 2.44. The van der Waals surface area contributed by atoms with Gasteiger partial charge < -0.3 is 10.1 Å². The highest BCUT2D eigenvalue weighted by molar-refractivity contribution is 5.97. The van der Waals surface area contributed by atoms with Crippen molar-refractivity contribution in [2.45, 2.75) is 26.2 Å². The van der Waals surface area contributed by atoms with Crippen LogP contribution < -0.4 is 10.1 Å². The predicted molar refractivity (Wildman–Crippen MR) is 127 cm³/mol. The van der Waals surface area contributed by atoms with Crippen molar-refractivity contribution < 1.29 is 13.9 Å². The molecule has 2 atom stereocenters. The number of anilines is 1. The van der Waals surface area contributed by atoms with Gasteiger partial charge in [0.2, 0.25) is 5.91 Å². The zero-order chi connectivity index (χ0) is 23.8. The van der Waals surface area contributed by atoms with Crippen molar-refractivity contribution in [2.75, 3.05) is 12.4 Å². The lowest BCUT2D eigenvalue weighted by molar-refractivity contribution is -0.117. The molecule has 1 amide bonds. The molecule has 0 aliphatic heterocycles. The van der Waals surface area contributed by atoms with Gasteiger partial charge in [-0.05, 0) is 83.1 Å². The van der Waals surface area contributed by atoms with Gasteiger partial charge in [0.05, 0.1) is 12.8 Å². The first-order valence-electron chi connectivity index (χ1n) is 11.0. The monoisotopic (exact) mass is 457 g/mol. The second-order valence-corrected chi connectivity index (χ2v) is 8.66. The molecule has 8 heteroatoms. The smallest absolute Gasteiger partial charge is 0.228 e. The second kappa shape index (κ2) is 8.70. The van der Waals surface area contributed by atoms with Crippen molar-refractivity contribution in [3.05, 3.63) is 77.1 Å². The van der Waals surface area contributed by atoms with Gasteiger partial charge in [-0.2, -0.15) is 0 Å². The molecular formula is C26H24FN5O2. The summed E-state index contributed by atoms with van der Waals surface area (Å²) in [6, 6.07) is 16.7. The van der Waals surface area contributed by atoms with Gasteiger partial charge in [0, 0.05) is 11.5 Å². The van der Waals surface area contributed by atoms with Crippen LogP contribution in [-0.4, -0.2) is 33.6 Å².